The van der Waals surface area contributed by atoms with Crippen molar-refractivity contribution in [2.45, 2.75) is 16.7 Å². The van der Waals surface area contributed by atoms with Crippen molar-refractivity contribution in [1.29, 1.82) is 0 Å². The Labute approximate surface area is 220 Å². The highest BCUT2D eigenvalue weighted by molar-refractivity contribution is 6.53. The number of alkyl halides is 2. The Morgan fingerprint density at radius 2 is 1.68 bits per heavy atom. The van der Waals surface area contributed by atoms with Crippen molar-refractivity contribution in [2.24, 2.45) is 5.92 Å². The summed E-state index contributed by atoms with van der Waals surface area (Å²) >= 11 is 31.1. The van der Waals surface area contributed by atoms with Gasteiger partial charge in [0, 0.05) is 33.6 Å². The molecule has 176 valence electrons. The first kappa shape index (κ1) is 25.1. The second-order valence-corrected chi connectivity index (χ2v) is 10.7. The molecule has 1 aliphatic rings. The lowest BCUT2D eigenvalue weighted by atomic mass is 10.0. The number of carbonyl (C=O) groups is 2. The number of hydrogen-bond acceptors (Lipinski definition) is 3. The van der Waals surface area contributed by atoms with Crippen molar-refractivity contribution in [3.63, 3.8) is 0 Å². The fourth-order valence-electron chi connectivity index (χ4n) is 3.86. The lowest BCUT2D eigenvalue weighted by Gasteiger charge is -2.10. The first-order valence-electron chi connectivity index (χ1n) is 9.99. The van der Waals surface area contributed by atoms with Gasteiger partial charge in [0.15, 0.2) is 5.78 Å². The first-order chi connectivity index (χ1) is 16.0. The largest absolute Gasteiger partial charge is 0.396 e. The standard InChI is InChI=1S/C24H16Cl5FN2O2/c25-13-6-12(7-14(26)9-13)20-21(24(20,28)29)23(34)32-15-4-5-17(27)16(10-15)19(33)8-11-2-1-3-18(31)22(11)30/h1-7,9-10,20-21H,8,31H2,(H,32,34)/t20-,21+/m0/s1. The molecule has 3 N–H and O–H groups in total. The molecule has 4 nitrogen and oxygen atoms in total. The Morgan fingerprint density at radius 3 is 2.35 bits per heavy atom. The summed E-state index contributed by atoms with van der Waals surface area (Å²) in [5.74, 6) is -2.84. The van der Waals surface area contributed by atoms with Crippen LogP contribution in [0, 0.1) is 11.7 Å². The van der Waals surface area contributed by atoms with E-state index in [1.54, 1.807) is 24.3 Å². The average molecular weight is 561 g/mol. The number of Topliss-reactive ketones (excluding diaryl/α,β-unsaturated/α-hetero) is 1. The van der Waals surface area contributed by atoms with Gasteiger partial charge >= 0.3 is 0 Å². The Kier molecular flexibility index (Phi) is 7.05. The van der Waals surface area contributed by atoms with Crippen molar-refractivity contribution in [3.05, 3.63) is 92.2 Å². The van der Waals surface area contributed by atoms with Crippen LogP contribution in [0.1, 0.15) is 27.4 Å². The molecule has 2 atom stereocenters. The highest BCUT2D eigenvalue weighted by Crippen LogP contribution is 2.65. The zero-order valence-corrected chi connectivity index (χ0v) is 21.0. The molecule has 4 rings (SSSR count). The van der Waals surface area contributed by atoms with Crippen molar-refractivity contribution in [2.75, 3.05) is 11.1 Å². The molecule has 1 aliphatic carbocycles. The number of ketones is 1. The van der Waals surface area contributed by atoms with Crippen molar-refractivity contribution < 1.29 is 14.0 Å². The molecule has 3 aromatic rings. The molecule has 0 heterocycles. The summed E-state index contributed by atoms with van der Waals surface area (Å²) in [6, 6.07) is 13.7. The van der Waals surface area contributed by atoms with Crippen LogP contribution in [0.2, 0.25) is 15.1 Å². The zero-order chi connectivity index (χ0) is 24.8. The fourth-order valence-corrected chi connectivity index (χ4v) is 5.46. The van der Waals surface area contributed by atoms with Crippen LogP contribution < -0.4 is 11.1 Å². The van der Waals surface area contributed by atoms with Gasteiger partial charge < -0.3 is 11.1 Å². The number of halogens is 6. The minimum absolute atomic E-state index is 0.0528. The maximum atomic E-state index is 14.2. The second kappa shape index (κ2) is 9.56. The number of nitrogens with one attached hydrogen (secondary N) is 1. The van der Waals surface area contributed by atoms with Crippen molar-refractivity contribution in [3.8, 4) is 0 Å². The van der Waals surface area contributed by atoms with E-state index in [0.29, 0.717) is 21.3 Å². The summed E-state index contributed by atoms with van der Waals surface area (Å²) in [5, 5.41) is 3.67. The third-order valence-electron chi connectivity index (χ3n) is 5.57. The van der Waals surface area contributed by atoms with Gasteiger partial charge in [0.1, 0.15) is 10.2 Å². The summed E-state index contributed by atoms with van der Waals surface area (Å²) in [4.78, 5) is 25.8. The molecule has 0 saturated heterocycles. The minimum atomic E-state index is -1.35. The summed E-state index contributed by atoms with van der Waals surface area (Å²) in [6.45, 7) is 0. The minimum Gasteiger partial charge on any atom is -0.396 e. The number of amides is 1. The van der Waals surface area contributed by atoms with Gasteiger partial charge in [-0.2, -0.15) is 0 Å². The maximum Gasteiger partial charge on any atom is 0.231 e. The molecule has 10 heteroatoms. The molecular formula is C24H16Cl5FN2O2. The molecule has 0 spiro atoms. The molecule has 34 heavy (non-hydrogen) atoms. The van der Waals surface area contributed by atoms with Crippen LogP contribution in [0.3, 0.4) is 0 Å². The molecule has 1 amide bonds. The van der Waals surface area contributed by atoms with Gasteiger partial charge in [0.05, 0.1) is 16.6 Å². The molecule has 1 saturated carbocycles. The highest BCUT2D eigenvalue weighted by atomic mass is 35.5. The van der Waals surface area contributed by atoms with Crippen molar-refractivity contribution in [1.82, 2.24) is 0 Å². The summed E-state index contributed by atoms with van der Waals surface area (Å²) < 4.78 is 12.9. The molecule has 0 radical (unpaired) electrons. The number of rotatable bonds is 6. The van der Waals surface area contributed by atoms with Gasteiger partial charge in [0.2, 0.25) is 5.91 Å². The third kappa shape index (κ3) is 5.00. The zero-order valence-electron chi connectivity index (χ0n) is 17.2. The van der Waals surface area contributed by atoms with E-state index in [-0.39, 0.29) is 28.3 Å². The van der Waals surface area contributed by atoms with E-state index in [9.17, 15) is 14.0 Å². The highest BCUT2D eigenvalue weighted by Gasteiger charge is 2.67. The SMILES string of the molecule is Nc1cccc(CC(=O)c2cc(NC(=O)[C@H]3[C@H](c4cc(Cl)cc(Cl)c4)C3(Cl)Cl)ccc2Cl)c1F. The Bertz CT molecular complexity index is 1290. The van der Waals surface area contributed by atoms with E-state index in [4.69, 9.17) is 63.7 Å². The van der Waals surface area contributed by atoms with Crippen LogP contribution in [0.25, 0.3) is 0 Å². The number of benzene rings is 3. The van der Waals surface area contributed by atoms with E-state index in [1.165, 1.54) is 30.3 Å². The Balaban J connectivity index is 1.52. The third-order valence-corrected chi connectivity index (χ3v) is 7.28. The fraction of sp³-hybridized carbons (Fsp3) is 0.167. The maximum absolute atomic E-state index is 14.2. The van der Waals surface area contributed by atoms with E-state index >= 15 is 0 Å². The molecule has 0 unspecified atom stereocenters. The lowest BCUT2D eigenvalue weighted by Crippen LogP contribution is -2.17. The number of hydrogen-bond donors (Lipinski definition) is 2. The smallest absolute Gasteiger partial charge is 0.231 e. The van der Waals surface area contributed by atoms with Crippen LogP contribution in [0.15, 0.2) is 54.6 Å². The molecule has 3 aromatic carbocycles. The first-order valence-corrected chi connectivity index (χ1v) is 11.9. The summed E-state index contributed by atoms with van der Waals surface area (Å²) in [6.07, 6.45) is -0.249. The van der Waals surface area contributed by atoms with Gasteiger partial charge in [0.25, 0.3) is 0 Å². The van der Waals surface area contributed by atoms with E-state index in [1.807, 2.05) is 0 Å². The number of nitrogens with two attached hydrogens (primary N) is 1. The molecule has 0 aliphatic heterocycles. The van der Waals surface area contributed by atoms with Gasteiger partial charge in [-0.05, 0) is 53.6 Å². The van der Waals surface area contributed by atoms with Crippen LogP contribution >= 0.6 is 58.0 Å². The van der Waals surface area contributed by atoms with Crippen LogP contribution in [0.5, 0.6) is 0 Å². The number of nitrogen functional groups attached to an aromatic ring is 1. The quantitative estimate of drug-likeness (QED) is 0.189. The van der Waals surface area contributed by atoms with Gasteiger partial charge in [-0.1, -0.05) is 46.9 Å². The van der Waals surface area contributed by atoms with Crippen LogP contribution in [-0.4, -0.2) is 16.0 Å². The summed E-state index contributed by atoms with van der Waals surface area (Å²) in [5.41, 5.74) is 6.74. The number of anilines is 2. The summed E-state index contributed by atoms with van der Waals surface area (Å²) in [7, 11) is 0. The predicted octanol–water partition coefficient (Wildman–Crippen LogP) is 7.32. The Hall–Kier alpha value is -2.02. The molecule has 0 bridgehead atoms. The van der Waals surface area contributed by atoms with Crippen LogP contribution in [0.4, 0.5) is 15.8 Å². The van der Waals surface area contributed by atoms with E-state index in [2.05, 4.69) is 5.32 Å². The average Bonchev–Trinajstić information content (AvgIpc) is 3.34. The lowest BCUT2D eigenvalue weighted by molar-refractivity contribution is -0.117. The molecular weight excluding hydrogens is 545 g/mol. The van der Waals surface area contributed by atoms with E-state index in [0.717, 1.165) is 0 Å². The van der Waals surface area contributed by atoms with Gasteiger partial charge in [-0.3, -0.25) is 9.59 Å². The molecule has 1 fully saturated rings. The topological polar surface area (TPSA) is 72.2 Å². The monoisotopic (exact) mass is 558 g/mol. The van der Waals surface area contributed by atoms with Gasteiger partial charge in [-0.15, -0.1) is 23.2 Å². The van der Waals surface area contributed by atoms with E-state index < -0.39 is 33.7 Å². The van der Waals surface area contributed by atoms with Crippen molar-refractivity contribution >= 4 is 81.1 Å². The second-order valence-electron chi connectivity index (χ2n) is 7.94. The normalized spacial score (nSPS) is 18.4. The predicted molar refractivity (Wildman–Crippen MR) is 136 cm³/mol. The van der Waals surface area contributed by atoms with Gasteiger partial charge in [-0.25, -0.2) is 4.39 Å². The molecule has 0 aromatic heterocycles. The van der Waals surface area contributed by atoms with Crippen LogP contribution in [-0.2, 0) is 11.2 Å². The Morgan fingerprint density at radius 1 is 1.00 bits per heavy atom. The number of carbonyl (C=O) groups excluding carboxylic acids is 2.